The lowest BCUT2D eigenvalue weighted by Crippen LogP contribution is -2.53. The zero-order valence-electron chi connectivity index (χ0n) is 14.7. The summed E-state index contributed by atoms with van der Waals surface area (Å²) in [5.41, 5.74) is -0.400. The number of rotatable bonds is 3. The fourth-order valence-corrected chi connectivity index (χ4v) is 3.40. The van der Waals surface area contributed by atoms with E-state index in [1.54, 1.807) is 0 Å². The second kappa shape index (κ2) is 7.64. The molecule has 2 fully saturated rings. The number of nitrogens with zero attached hydrogens (tertiary/aromatic N) is 2. The molecule has 22 heavy (non-hydrogen) atoms. The van der Waals surface area contributed by atoms with Crippen molar-refractivity contribution in [3.8, 4) is 0 Å². The van der Waals surface area contributed by atoms with Crippen LogP contribution in [0.4, 0.5) is 4.79 Å². The van der Waals surface area contributed by atoms with Gasteiger partial charge >= 0.3 is 6.09 Å². The van der Waals surface area contributed by atoms with Crippen molar-refractivity contribution in [3.05, 3.63) is 0 Å². The number of amides is 1. The van der Waals surface area contributed by atoms with Crippen LogP contribution in [-0.4, -0.2) is 66.8 Å². The van der Waals surface area contributed by atoms with Crippen LogP contribution in [-0.2, 0) is 4.74 Å². The van der Waals surface area contributed by atoms with Crippen LogP contribution in [0.15, 0.2) is 0 Å². The number of ether oxygens (including phenoxy) is 1. The number of hydrogen-bond acceptors (Lipinski definition) is 4. The molecule has 2 rings (SSSR count). The van der Waals surface area contributed by atoms with Gasteiger partial charge in [0.15, 0.2) is 0 Å². The Balaban J connectivity index is 1.76. The van der Waals surface area contributed by atoms with Crippen LogP contribution in [0.5, 0.6) is 0 Å². The predicted molar refractivity (Wildman–Crippen MR) is 89.1 cm³/mol. The first-order valence-electron chi connectivity index (χ1n) is 8.81. The van der Waals surface area contributed by atoms with E-state index < -0.39 is 5.60 Å². The van der Waals surface area contributed by atoms with Crippen molar-refractivity contribution in [1.82, 2.24) is 15.1 Å². The van der Waals surface area contributed by atoms with Crippen molar-refractivity contribution in [3.63, 3.8) is 0 Å². The zero-order chi connectivity index (χ0) is 16.2. The van der Waals surface area contributed by atoms with Gasteiger partial charge in [-0.05, 0) is 46.0 Å². The van der Waals surface area contributed by atoms with E-state index >= 15 is 0 Å². The first-order valence-corrected chi connectivity index (χ1v) is 8.81. The van der Waals surface area contributed by atoms with Crippen molar-refractivity contribution in [2.75, 3.05) is 39.3 Å². The van der Waals surface area contributed by atoms with Gasteiger partial charge in [-0.1, -0.05) is 6.92 Å². The summed E-state index contributed by atoms with van der Waals surface area (Å²) < 4.78 is 5.47. The van der Waals surface area contributed by atoms with E-state index in [1.165, 1.54) is 13.0 Å². The van der Waals surface area contributed by atoms with Crippen LogP contribution in [0.1, 0.15) is 47.0 Å². The molecule has 0 aromatic rings. The summed E-state index contributed by atoms with van der Waals surface area (Å²) in [6, 6.07) is 0.678. The maximum Gasteiger partial charge on any atom is 0.410 e. The molecule has 0 spiro atoms. The molecule has 0 saturated carbocycles. The second-order valence-electron chi connectivity index (χ2n) is 7.67. The molecule has 0 aliphatic carbocycles. The third-order valence-corrected chi connectivity index (χ3v) is 4.70. The molecule has 1 amide bonds. The SMILES string of the molecule is CC[C@H]1CNCCN1CC1CCN(C(=O)OC(C)(C)C)CC1. The summed E-state index contributed by atoms with van der Waals surface area (Å²) in [5.74, 6) is 0.714. The molecule has 5 heteroatoms. The Labute approximate surface area is 135 Å². The highest BCUT2D eigenvalue weighted by Gasteiger charge is 2.29. The Morgan fingerprint density at radius 3 is 2.50 bits per heavy atom. The lowest BCUT2D eigenvalue weighted by molar-refractivity contribution is 0.0156. The molecule has 2 aliphatic rings. The van der Waals surface area contributed by atoms with Gasteiger partial charge in [-0.2, -0.15) is 0 Å². The van der Waals surface area contributed by atoms with Crippen molar-refractivity contribution in [1.29, 1.82) is 0 Å². The summed E-state index contributed by atoms with van der Waals surface area (Å²) in [6.45, 7) is 14.3. The molecule has 1 atom stereocenters. The van der Waals surface area contributed by atoms with E-state index in [0.717, 1.165) is 45.6 Å². The minimum absolute atomic E-state index is 0.153. The Bertz CT molecular complexity index is 359. The highest BCUT2D eigenvalue weighted by Crippen LogP contribution is 2.22. The summed E-state index contributed by atoms with van der Waals surface area (Å²) in [7, 11) is 0. The molecular weight excluding hydrogens is 278 g/mol. The van der Waals surface area contributed by atoms with Gasteiger partial charge in [0.2, 0.25) is 0 Å². The van der Waals surface area contributed by atoms with E-state index in [-0.39, 0.29) is 6.09 Å². The van der Waals surface area contributed by atoms with E-state index in [2.05, 4.69) is 17.1 Å². The van der Waals surface area contributed by atoms with Crippen molar-refractivity contribution < 1.29 is 9.53 Å². The average Bonchev–Trinajstić information content (AvgIpc) is 2.47. The van der Waals surface area contributed by atoms with Crippen LogP contribution >= 0.6 is 0 Å². The monoisotopic (exact) mass is 311 g/mol. The van der Waals surface area contributed by atoms with Crippen molar-refractivity contribution in [2.24, 2.45) is 5.92 Å². The smallest absolute Gasteiger partial charge is 0.410 e. The summed E-state index contributed by atoms with van der Waals surface area (Å²) >= 11 is 0. The van der Waals surface area contributed by atoms with Gasteiger partial charge in [-0.15, -0.1) is 0 Å². The Morgan fingerprint density at radius 2 is 1.91 bits per heavy atom. The Morgan fingerprint density at radius 1 is 1.23 bits per heavy atom. The number of carbonyl (C=O) groups excluding carboxylic acids is 1. The number of piperazine rings is 1. The van der Waals surface area contributed by atoms with E-state index in [9.17, 15) is 4.79 Å². The molecule has 1 N–H and O–H groups in total. The molecule has 2 heterocycles. The summed E-state index contributed by atoms with van der Waals surface area (Å²) in [6.07, 6.45) is 3.25. The zero-order valence-corrected chi connectivity index (χ0v) is 14.7. The van der Waals surface area contributed by atoms with Gasteiger partial charge < -0.3 is 15.0 Å². The first-order chi connectivity index (χ1) is 10.4. The minimum atomic E-state index is -0.400. The Hall–Kier alpha value is -0.810. The van der Waals surface area contributed by atoms with Gasteiger partial charge in [0.25, 0.3) is 0 Å². The quantitative estimate of drug-likeness (QED) is 0.869. The van der Waals surface area contributed by atoms with Gasteiger partial charge in [-0.25, -0.2) is 4.79 Å². The van der Waals surface area contributed by atoms with Gasteiger partial charge in [0.1, 0.15) is 5.60 Å². The fraction of sp³-hybridized carbons (Fsp3) is 0.941. The largest absolute Gasteiger partial charge is 0.444 e. The number of nitrogens with one attached hydrogen (secondary N) is 1. The van der Waals surface area contributed by atoms with Crippen LogP contribution in [0.2, 0.25) is 0 Å². The maximum absolute atomic E-state index is 12.1. The second-order valence-corrected chi connectivity index (χ2v) is 7.67. The average molecular weight is 311 g/mol. The number of carbonyl (C=O) groups is 1. The lowest BCUT2D eigenvalue weighted by Gasteiger charge is -2.40. The van der Waals surface area contributed by atoms with Gasteiger partial charge in [0.05, 0.1) is 0 Å². The Kier molecular flexibility index (Phi) is 6.09. The molecule has 2 aliphatic heterocycles. The van der Waals surface area contributed by atoms with E-state index in [1.807, 2.05) is 25.7 Å². The highest BCUT2D eigenvalue weighted by molar-refractivity contribution is 5.68. The molecule has 0 radical (unpaired) electrons. The molecule has 128 valence electrons. The van der Waals surface area contributed by atoms with Crippen LogP contribution < -0.4 is 5.32 Å². The van der Waals surface area contributed by atoms with Gasteiger partial charge in [-0.3, -0.25) is 4.90 Å². The van der Waals surface area contributed by atoms with Crippen molar-refractivity contribution >= 4 is 6.09 Å². The van der Waals surface area contributed by atoms with Crippen molar-refractivity contribution in [2.45, 2.75) is 58.6 Å². The fourth-order valence-electron chi connectivity index (χ4n) is 3.40. The first kappa shape index (κ1) is 17.5. The summed E-state index contributed by atoms with van der Waals surface area (Å²) in [4.78, 5) is 16.6. The summed E-state index contributed by atoms with van der Waals surface area (Å²) in [5, 5.41) is 3.49. The molecule has 0 aromatic heterocycles. The molecule has 0 unspecified atom stereocenters. The van der Waals surface area contributed by atoms with Crippen LogP contribution in [0.3, 0.4) is 0 Å². The molecule has 5 nitrogen and oxygen atoms in total. The van der Waals surface area contributed by atoms with E-state index in [4.69, 9.17) is 4.74 Å². The van der Waals surface area contributed by atoms with Crippen LogP contribution in [0, 0.1) is 5.92 Å². The van der Waals surface area contributed by atoms with Crippen LogP contribution in [0.25, 0.3) is 0 Å². The van der Waals surface area contributed by atoms with Gasteiger partial charge in [0, 0.05) is 45.3 Å². The third-order valence-electron chi connectivity index (χ3n) is 4.70. The topological polar surface area (TPSA) is 44.8 Å². The molecule has 2 saturated heterocycles. The third kappa shape index (κ3) is 5.13. The van der Waals surface area contributed by atoms with E-state index in [0.29, 0.717) is 12.0 Å². The number of hydrogen-bond donors (Lipinski definition) is 1. The minimum Gasteiger partial charge on any atom is -0.444 e. The standard InChI is InChI=1S/C17H33N3O2/c1-5-15-12-18-8-11-20(15)13-14-6-9-19(10-7-14)16(21)22-17(2,3)4/h14-15,18H,5-13H2,1-4H3/t15-/m0/s1. The predicted octanol–water partition coefficient (Wildman–Crippen LogP) is 2.32. The highest BCUT2D eigenvalue weighted by atomic mass is 16.6. The maximum atomic E-state index is 12.1. The lowest BCUT2D eigenvalue weighted by atomic mass is 9.95. The number of piperidine rings is 1. The molecular formula is C17H33N3O2. The molecule has 0 aromatic carbocycles. The normalized spacial score (nSPS) is 25.3. The number of likely N-dealkylation sites (tertiary alicyclic amines) is 1. The molecule has 0 bridgehead atoms.